The highest BCUT2D eigenvalue weighted by molar-refractivity contribution is 5.91. The van der Waals surface area contributed by atoms with Gasteiger partial charge in [-0.15, -0.1) is 13.2 Å². The van der Waals surface area contributed by atoms with Crippen LogP contribution in [0.25, 0.3) is 22.6 Å². The second-order valence-electron chi connectivity index (χ2n) is 8.28. The summed E-state index contributed by atoms with van der Waals surface area (Å²) in [5.74, 6) is -0.250. The minimum atomic E-state index is -4.87. The van der Waals surface area contributed by atoms with Gasteiger partial charge in [-0.25, -0.2) is 4.79 Å². The first-order valence-corrected chi connectivity index (χ1v) is 10.9. The summed E-state index contributed by atoms with van der Waals surface area (Å²) in [4.78, 5) is 25.0. The van der Waals surface area contributed by atoms with E-state index in [4.69, 9.17) is 13.7 Å². The van der Waals surface area contributed by atoms with Crippen molar-refractivity contribution < 1.29 is 41.2 Å². The molecule has 3 aromatic rings. The first-order valence-electron chi connectivity index (χ1n) is 10.9. The lowest BCUT2D eigenvalue weighted by Crippen LogP contribution is -2.33. The molecule has 3 heterocycles. The van der Waals surface area contributed by atoms with Crippen molar-refractivity contribution in [2.75, 3.05) is 18.0 Å². The largest absolute Gasteiger partial charge is 0.573 e. The number of aromatic nitrogens is 1. The van der Waals surface area contributed by atoms with Gasteiger partial charge in [0.1, 0.15) is 24.3 Å². The summed E-state index contributed by atoms with van der Waals surface area (Å²) in [6, 6.07) is 5.40. The number of amides is 2. The second-order valence-corrected chi connectivity index (χ2v) is 8.28. The molecule has 1 aliphatic carbocycles. The number of fused-ring (bicyclic) bond motifs is 3. The van der Waals surface area contributed by atoms with Gasteiger partial charge in [-0.3, -0.25) is 9.69 Å². The fraction of sp³-hybridized carbons (Fsp3) is 0.348. The van der Waals surface area contributed by atoms with Crippen molar-refractivity contribution in [2.45, 2.75) is 38.7 Å². The van der Waals surface area contributed by atoms with Gasteiger partial charge in [-0.05, 0) is 43.0 Å². The van der Waals surface area contributed by atoms with E-state index < -0.39 is 24.3 Å². The van der Waals surface area contributed by atoms with E-state index in [1.807, 2.05) is 6.07 Å². The van der Waals surface area contributed by atoms with Crippen LogP contribution in [-0.4, -0.2) is 42.7 Å². The third kappa shape index (κ3) is 4.55. The predicted octanol–water partition coefficient (Wildman–Crippen LogP) is 4.45. The summed E-state index contributed by atoms with van der Waals surface area (Å²) < 4.78 is 58.3. The standard InChI is InChI=1S/C23H20F3N3O6/c1-12(30)27-8-15-9-29(22(31)33-15)14-5-6-16-13(7-14)3-2-4-17-20(28-35-21(16)17)18-10-32-11-19(18)34-23(24,25)26/h5-7,10-11,15H,2-4,8-9H2,1H3,(H,27,30). The number of ether oxygens (including phenoxy) is 2. The Morgan fingerprint density at radius 2 is 2.09 bits per heavy atom. The van der Waals surface area contributed by atoms with Gasteiger partial charge in [0, 0.05) is 23.7 Å². The number of rotatable bonds is 5. The van der Waals surface area contributed by atoms with Crippen LogP contribution in [0.15, 0.2) is 39.7 Å². The number of hydrogen-bond donors (Lipinski definition) is 1. The number of benzene rings is 1. The third-order valence-corrected chi connectivity index (χ3v) is 5.87. The van der Waals surface area contributed by atoms with E-state index in [2.05, 4.69) is 15.2 Å². The molecule has 1 atom stereocenters. The molecular weight excluding hydrogens is 471 g/mol. The summed E-state index contributed by atoms with van der Waals surface area (Å²) >= 11 is 0. The summed E-state index contributed by atoms with van der Waals surface area (Å²) in [5.41, 5.74) is 3.22. The highest BCUT2D eigenvalue weighted by Crippen LogP contribution is 2.43. The van der Waals surface area contributed by atoms with Crippen LogP contribution in [0.2, 0.25) is 0 Å². The molecule has 1 aromatic carbocycles. The molecule has 1 saturated heterocycles. The number of hydrogen-bond acceptors (Lipinski definition) is 7. The Labute approximate surface area is 196 Å². The normalized spacial score (nSPS) is 17.4. The maximum absolute atomic E-state index is 12.8. The fourth-order valence-electron chi connectivity index (χ4n) is 4.35. The molecule has 1 fully saturated rings. The number of alkyl halides is 3. The molecule has 1 N–H and O–H groups in total. The maximum atomic E-state index is 12.8. The van der Waals surface area contributed by atoms with Crippen LogP contribution in [0.5, 0.6) is 5.75 Å². The number of carbonyl (C=O) groups excluding carboxylic acids is 2. The zero-order valence-electron chi connectivity index (χ0n) is 18.5. The lowest BCUT2D eigenvalue weighted by Gasteiger charge is -2.15. The molecule has 5 rings (SSSR count). The number of aryl methyl sites for hydroxylation is 1. The van der Waals surface area contributed by atoms with Crippen LogP contribution in [0.4, 0.5) is 23.7 Å². The topological polar surface area (TPSA) is 107 Å². The third-order valence-electron chi connectivity index (χ3n) is 5.87. The van der Waals surface area contributed by atoms with Gasteiger partial charge in [-0.1, -0.05) is 5.16 Å². The number of furan rings is 1. The summed E-state index contributed by atoms with van der Waals surface area (Å²) in [5, 5.41) is 6.67. The molecular formula is C23H20F3N3O6. The molecule has 9 nitrogen and oxygen atoms in total. The highest BCUT2D eigenvalue weighted by atomic mass is 19.4. The lowest BCUT2D eigenvalue weighted by atomic mass is 10.0. The Morgan fingerprint density at radius 3 is 2.86 bits per heavy atom. The molecule has 0 radical (unpaired) electrons. The monoisotopic (exact) mass is 491 g/mol. The smallest absolute Gasteiger partial charge is 0.468 e. The first-order chi connectivity index (χ1) is 16.7. The minimum absolute atomic E-state index is 0.0532. The van der Waals surface area contributed by atoms with E-state index in [1.54, 1.807) is 12.1 Å². The van der Waals surface area contributed by atoms with Crippen LogP contribution >= 0.6 is 0 Å². The second kappa shape index (κ2) is 8.67. The first kappa shape index (κ1) is 22.8. The number of nitrogens with one attached hydrogen (secondary N) is 1. The maximum Gasteiger partial charge on any atom is 0.573 e. The van der Waals surface area contributed by atoms with Crippen molar-refractivity contribution in [1.29, 1.82) is 0 Å². The summed E-state index contributed by atoms with van der Waals surface area (Å²) in [7, 11) is 0. The quantitative estimate of drug-likeness (QED) is 0.562. The molecule has 2 aliphatic rings. The summed E-state index contributed by atoms with van der Waals surface area (Å²) in [6.45, 7) is 1.90. The molecule has 0 bridgehead atoms. The Kier molecular flexibility index (Phi) is 5.65. The molecule has 184 valence electrons. The van der Waals surface area contributed by atoms with E-state index in [1.165, 1.54) is 11.8 Å². The van der Waals surface area contributed by atoms with Gasteiger partial charge < -0.3 is 23.7 Å². The predicted molar refractivity (Wildman–Crippen MR) is 115 cm³/mol. The molecule has 1 unspecified atom stereocenters. The van der Waals surface area contributed by atoms with Crippen molar-refractivity contribution in [3.63, 3.8) is 0 Å². The number of anilines is 1. The van der Waals surface area contributed by atoms with Gasteiger partial charge in [0.05, 0.1) is 18.7 Å². The number of cyclic esters (lactones) is 1. The minimum Gasteiger partial charge on any atom is -0.468 e. The van der Waals surface area contributed by atoms with Crippen molar-refractivity contribution in [2.24, 2.45) is 0 Å². The van der Waals surface area contributed by atoms with Gasteiger partial charge in [0.15, 0.2) is 11.5 Å². The Balaban J connectivity index is 1.43. The molecule has 2 amide bonds. The van der Waals surface area contributed by atoms with Gasteiger partial charge in [-0.2, -0.15) is 0 Å². The Hall–Kier alpha value is -3.96. The van der Waals surface area contributed by atoms with Crippen LogP contribution < -0.4 is 15.0 Å². The number of halogens is 3. The molecule has 0 saturated carbocycles. The van der Waals surface area contributed by atoms with Crippen molar-refractivity contribution >= 4 is 17.7 Å². The van der Waals surface area contributed by atoms with E-state index in [0.29, 0.717) is 36.3 Å². The van der Waals surface area contributed by atoms with Crippen LogP contribution in [0.1, 0.15) is 24.5 Å². The lowest BCUT2D eigenvalue weighted by molar-refractivity contribution is -0.274. The fourth-order valence-corrected chi connectivity index (χ4v) is 4.35. The molecule has 35 heavy (non-hydrogen) atoms. The molecule has 1 aliphatic heterocycles. The number of nitrogens with zero attached hydrogens (tertiary/aromatic N) is 2. The van der Waals surface area contributed by atoms with E-state index in [0.717, 1.165) is 23.7 Å². The molecule has 0 spiro atoms. The van der Waals surface area contributed by atoms with Gasteiger partial charge in [0.2, 0.25) is 5.91 Å². The zero-order valence-corrected chi connectivity index (χ0v) is 18.5. The van der Waals surface area contributed by atoms with Crippen molar-refractivity contribution in [3.8, 4) is 28.3 Å². The van der Waals surface area contributed by atoms with Crippen LogP contribution in [0.3, 0.4) is 0 Å². The Bertz CT molecular complexity index is 1280. The highest BCUT2D eigenvalue weighted by Gasteiger charge is 2.35. The molecule has 12 heteroatoms. The van der Waals surface area contributed by atoms with Crippen molar-refractivity contribution in [3.05, 3.63) is 41.9 Å². The van der Waals surface area contributed by atoms with E-state index in [-0.39, 0.29) is 30.3 Å². The molecule has 2 aromatic heterocycles. The average Bonchev–Trinajstić information content (AvgIpc) is 3.47. The number of carbonyl (C=O) groups is 2. The van der Waals surface area contributed by atoms with Crippen LogP contribution in [-0.2, 0) is 22.4 Å². The Morgan fingerprint density at radius 1 is 1.26 bits per heavy atom. The van der Waals surface area contributed by atoms with Crippen LogP contribution in [0, 0.1) is 0 Å². The average molecular weight is 491 g/mol. The van der Waals surface area contributed by atoms with E-state index >= 15 is 0 Å². The zero-order chi connectivity index (χ0) is 24.7. The SMILES string of the molecule is CC(=O)NCC1CN(c2ccc3c(c2)CCCc2c(-c4cocc4OC(F)(F)F)noc2-3)C(=O)O1. The summed E-state index contributed by atoms with van der Waals surface area (Å²) in [6.07, 6.45) is -1.98. The van der Waals surface area contributed by atoms with Crippen molar-refractivity contribution in [1.82, 2.24) is 10.5 Å². The van der Waals surface area contributed by atoms with Gasteiger partial charge >= 0.3 is 12.5 Å². The van der Waals surface area contributed by atoms with Gasteiger partial charge in [0.25, 0.3) is 0 Å². The van der Waals surface area contributed by atoms with E-state index in [9.17, 15) is 22.8 Å².